The highest BCUT2D eigenvalue weighted by Crippen LogP contribution is 2.20. The summed E-state index contributed by atoms with van der Waals surface area (Å²) in [6, 6.07) is 14.3. The third-order valence-corrected chi connectivity index (χ3v) is 4.63. The Morgan fingerprint density at radius 2 is 1.83 bits per heavy atom. The van der Waals surface area contributed by atoms with E-state index in [0.29, 0.717) is 16.5 Å². The van der Waals surface area contributed by atoms with Crippen molar-refractivity contribution < 1.29 is 14.3 Å². The number of amides is 1. The van der Waals surface area contributed by atoms with Crippen molar-refractivity contribution in [2.45, 2.75) is 26.0 Å². The van der Waals surface area contributed by atoms with Crippen molar-refractivity contribution in [3.05, 3.63) is 76.3 Å². The van der Waals surface area contributed by atoms with Gasteiger partial charge in [0.25, 0.3) is 11.5 Å². The van der Waals surface area contributed by atoms with Gasteiger partial charge in [0.1, 0.15) is 0 Å². The second-order valence-electron chi connectivity index (χ2n) is 6.98. The normalized spacial score (nSPS) is 11.8. The lowest BCUT2D eigenvalue weighted by molar-refractivity contribution is -0.160. The number of ether oxygens (including phenoxy) is 1. The van der Waals surface area contributed by atoms with Gasteiger partial charge in [-0.3, -0.25) is 19.0 Å². The first-order valence-corrected chi connectivity index (χ1v) is 9.29. The van der Waals surface area contributed by atoms with Crippen LogP contribution in [0.15, 0.2) is 59.7 Å². The number of esters is 1. The smallest absolute Gasteiger partial charge is 0.308 e. The summed E-state index contributed by atoms with van der Waals surface area (Å²) in [5.41, 5.74) is 1.95. The summed E-state index contributed by atoms with van der Waals surface area (Å²) >= 11 is 0. The lowest BCUT2D eigenvalue weighted by atomic mass is 10.1. The van der Waals surface area contributed by atoms with Crippen molar-refractivity contribution in [2.24, 2.45) is 0 Å². The monoisotopic (exact) mass is 393 g/mol. The highest BCUT2D eigenvalue weighted by Gasteiger charge is 2.26. The summed E-state index contributed by atoms with van der Waals surface area (Å²) in [5, 5.41) is 0.505. The lowest BCUT2D eigenvalue weighted by Crippen LogP contribution is -2.31. The minimum absolute atomic E-state index is 0.0526. The van der Waals surface area contributed by atoms with Crippen LogP contribution in [0.3, 0.4) is 0 Å². The van der Waals surface area contributed by atoms with Crippen molar-refractivity contribution >= 4 is 22.8 Å². The molecule has 0 aliphatic carbocycles. The van der Waals surface area contributed by atoms with E-state index in [-0.39, 0.29) is 24.4 Å². The molecule has 7 nitrogen and oxygen atoms in total. The number of aryl methyl sites for hydroxylation is 2. The molecule has 1 aromatic heterocycles. The zero-order chi connectivity index (χ0) is 21.0. The van der Waals surface area contributed by atoms with E-state index >= 15 is 0 Å². The van der Waals surface area contributed by atoms with Crippen molar-refractivity contribution in [2.75, 3.05) is 14.1 Å². The number of nitrogens with zero attached hydrogens (tertiary/aromatic N) is 3. The van der Waals surface area contributed by atoms with E-state index < -0.39 is 12.1 Å². The molecule has 1 amide bonds. The maximum Gasteiger partial charge on any atom is 0.308 e. The van der Waals surface area contributed by atoms with Gasteiger partial charge in [0.15, 0.2) is 0 Å². The Morgan fingerprint density at radius 1 is 1.10 bits per heavy atom. The van der Waals surface area contributed by atoms with Crippen molar-refractivity contribution in [1.82, 2.24) is 14.5 Å². The van der Waals surface area contributed by atoms with Crippen LogP contribution in [0.2, 0.25) is 0 Å². The van der Waals surface area contributed by atoms with E-state index in [1.54, 1.807) is 50.5 Å². The third-order valence-electron chi connectivity index (χ3n) is 4.63. The Labute approximate surface area is 168 Å². The molecular formula is C22H23N3O4. The van der Waals surface area contributed by atoms with Crippen LogP contribution in [0.5, 0.6) is 0 Å². The quantitative estimate of drug-likeness (QED) is 0.601. The molecule has 0 fully saturated rings. The van der Waals surface area contributed by atoms with Gasteiger partial charge in [-0.15, -0.1) is 0 Å². The van der Waals surface area contributed by atoms with Crippen LogP contribution in [0, 0.1) is 6.92 Å². The van der Waals surface area contributed by atoms with E-state index in [0.717, 1.165) is 5.56 Å². The number of hydrogen-bond donors (Lipinski definition) is 0. The van der Waals surface area contributed by atoms with Crippen LogP contribution in [0.25, 0.3) is 10.9 Å². The molecule has 2 aromatic carbocycles. The molecule has 1 heterocycles. The molecule has 1 atom stereocenters. The Bertz CT molecular complexity index is 1090. The van der Waals surface area contributed by atoms with Crippen LogP contribution in [-0.2, 0) is 20.9 Å². The fraction of sp³-hybridized carbons (Fsp3) is 0.273. The molecule has 3 aromatic rings. The average Bonchev–Trinajstić information content (AvgIpc) is 2.72. The van der Waals surface area contributed by atoms with Crippen molar-refractivity contribution in [3.63, 3.8) is 0 Å². The number of carbonyl (C=O) groups excluding carboxylic acids is 2. The lowest BCUT2D eigenvalue weighted by Gasteiger charge is -2.21. The molecule has 0 saturated carbocycles. The summed E-state index contributed by atoms with van der Waals surface area (Å²) in [6.45, 7) is 2.01. The Kier molecular flexibility index (Phi) is 6.07. The zero-order valence-electron chi connectivity index (χ0n) is 16.7. The first-order chi connectivity index (χ1) is 13.9. The number of fused-ring (bicyclic) bond motifs is 1. The summed E-state index contributed by atoms with van der Waals surface area (Å²) in [4.78, 5) is 43.3. The summed E-state index contributed by atoms with van der Waals surface area (Å²) < 4.78 is 6.85. The van der Waals surface area contributed by atoms with E-state index in [1.807, 2.05) is 19.1 Å². The SMILES string of the molecule is Cc1cccc2c(=O)n(CCC(=O)OC(C(=O)N(C)C)c3ccccc3)cnc12. The standard InChI is InChI=1S/C22H23N3O4/c1-15-8-7-11-17-19(15)23-14-25(21(17)27)13-12-18(26)29-20(22(28)24(2)3)16-9-5-4-6-10-16/h4-11,14,20H,12-13H2,1-3H3. The van der Waals surface area contributed by atoms with E-state index in [9.17, 15) is 14.4 Å². The second kappa shape index (κ2) is 8.68. The van der Waals surface area contributed by atoms with Crippen molar-refractivity contribution in [1.29, 1.82) is 0 Å². The summed E-state index contributed by atoms with van der Waals surface area (Å²) in [7, 11) is 3.21. The van der Waals surface area contributed by atoms with Crippen LogP contribution in [0.1, 0.15) is 23.7 Å². The first kappa shape index (κ1) is 20.3. The molecule has 3 rings (SSSR count). The molecule has 0 spiro atoms. The fourth-order valence-electron chi connectivity index (χ4n) is 3.02. The number of rotatable bonds is 6. The minimum atomic E-state index is -1.02. The van der Waals surface area contributed by atoms with Gasteiger partial charge < -0.3 is 9.64 Å². The van der Waals surface area contributed by atoms with Gasteiger partial charge in [-0.2, -0.15) is 0 Å². The topological polar surface area (TPSA) is 81.5 Å². The third kappa shape index (κ3) is 4.51. The van der Waals surface area contributed by atoms with Crippen LogP contribution in [-0.4, -0.2) is 40.4 Å². The summed E-state index contributed by atoms with van der Waals surface area (Å²) in [5.74, 6) is -0.894. The number of carbonyl (C=O) groups is 2. The van der Waals surface area contributed by atoms with Crippen LogP contribution >= 0.6 is 0 Å². The Balaban J connectivity index is 1.74. The molecule has 7 heteroatoms. The highest BCUT2D eigenvalue weighted by atomic mass is 16.5. The molecule has 150 valence electrons. The van der Waals surface area contributed by atoms with Gasteiger partial charge in [-0.25, -0.2) is 4.98 Å². The van der Waals surface area contributed by atoms with E-state index in [1.165, 1.54) is 15.8 Å². The molecule has 0 saturated heterocycles. The Morgan fingerprint density at radius 3 is 2.52 bits per heavy atom. The molecule has 0 radical (unpaired) electrons. The van der Waals surface area contributed by atoms with E-state index in [2.05, 4.69) is 4.98 Å². The molecule has 29 heavy (non-hydrogen) atoms. The van der Waals surface area contributed by atoms with Gasteiger partial charge in [0.05, 0.1) is 23.7 Å². The van der Waals surface area contributed by atoms with E-state index in [4.69, 9.17) is 4.74 Å². The van der Waals surface area contributed by atoms with Crippen LogP contribution in [0.4, 0.5) is 0 Å². The van der Waals surface area contributed by atoms with Crippen LogP contribution < -0.4 is 5.56 Å². The highest BCUT2D eigenvalue weighted by molar-refractivity contribution is 5.84. The van der Waals surface area contributed by atoms with Gasteiger partial charge in [-0.1, -0.05) is 42.5 Å². The number of aromatic nitrogens is 2. The largest absolute Gasteiger partial charge is 0.447 e. The average molecular weight is 393 g/mol. The molecule has 0 bridgehead atoms. The number of para-hydroxylation sites is 1. The van der Waals surface area contributed by atoms with Gasteiger partial charge in [0, 0.05) is 26.2 Å². The molecule has 1 unspecified atom stereocenters. The predicted octanol–water partition coefficient (Wildman–Crippen LogP) is 2.47. The molecule has 0 N–H and O–H groups in total. The fourth-order valence-corrected chi connectivity index (χ4v) is 3.02. The van der Waals surface area contributed by atoms with Crippen molar-refractivity contribution in [3.8, 4) is 0 Å². The summed E-state index contributed by atoms with van der Waals surface area (Å²) in [6.07, 6.45) is 0.362. The van der Waals surface area contributed by atoms with Gasteiger partial charge in [0.2, 0.25) is 6.10 Å². The number of hydrogen-bond acceptors (Lipinski definition) is 5. The molecule has 0 aliphatic rings. The second-order valence-corrected chi connectivity index (χ2v) is 6.98. The number of likely N-dealkylation sites (N-methyl/N-ethyl adjacent to an activating group) is 1. The molecular weight excluding hydrogens is 370 g/mol. The molecule has 0 aliphatic heterocycles. The maximum atomic E-state index is 12.6. The minimum Gasteiger partial charge on any atom is -0.447 e. The zero-order valence-corrected chi connectivity index (χ0v) is 16.7. The van der Waals surface area contributed by atoms with Gasteiger partial charge >= 0.3 is 5.97 Å². The number of benzene rings is 2. The predicted molar refractivity (Wildman–Crippen MR) is 109 cm³/mol. The first-order valence-electron chi connectivity index (χ1n) is 9.29. The van der Waals surface area contributed by atoms with Gasteiger partial charge in [-0.05, 0) is 18.6 Å². The maximum absolute atomic E-state index is 12.6. The Hall–Kier alpha value is -3.48.